The van der Waals surface area contributed by atoms with Crippen LogP contribution in [0.1, 0.15) is 36.6 Å². The first-order valence-corrected chi connectivity index (χ1v) is 6.40. The van der Waals surface area contributed by atoms with Gasteiger partial charge >= 0.3 is 5.97 Å². The molecule has 6 heteroatoms. The van der Waals surface area contributed by atoms with Gasteiger partial charge in [0, 0.05) is 5.92 Å². The predicted octanol–water partition coefficient (Wildman–Crippen LogP) is 1.41. The Morgan fingerprint density at radius 1 is 1.37 bits per heavy atom. The number of aromatic nitrogens is 1. The monoisotopic (exact) mass is 266 g/mol. The Morgan fingerprint density at radius 3 is 2.58 bits per heavy atom. The Kier molecular flexibility index (Phi) is 3.87. The summed E-state index contributed by atoms with van der Waals surface area (Å²) < 4.78 is 5.37. The van der Waals surface area contributed by atoms with E-state index in [-0.39, 0.29) is 24.3 Å². The molecule has 2 rings (SSSR count). The van der Waals surface area contributed by atoms with Crippen LogP contribution in [0.3, 0.4) is 0 Å². The van der Waals surface area contributed by atoms with Crippen molar-refractivity contribution in [2.75, 3.05) is 0 Å². The highest BCUT2D eigenvalue weighted by Gasteiger charge is 2.33. The minimum Gasteiger partial charge on any atom is -0.481 e. The molecule has 0 bridgehead atoms. The van der Waals surface area contributed by atoms with Crippen LogP contribution in [-0.2, 0) is 16.1 Å². The lowest BCUT2D eigenvalue weighted by atomic mass is 10.0. The van der Waals surface area contributed by atoms with Crippen molar-refractivity contribution in [3.8, 4) is 0 Å². The minimum absolute atomic E-state index is 0.114. The maximum absolute atomic E-state index is 11.9. The average Bonchev–Trinajstić information content (AvgIpc) is 2.95. The van der Waals surface area contributed by atoms with Gasteiger partial charge in [-0.1, -0.05) is 0 Å². The lowest BCUT2D eigenvalue weighted by molar-refractivity contribution is -0.141. The predicted molar refractivity (Wildman–Crippen MR) is 66.3 cm³/mol. The van der Waals surface area contributed by atoms with E-state index >= 15 is 0 Å². The zero-order valence-electron chi connectivity index (χ0n) is 11.1. The third-order valence-corrected chi connectivity index (χ3v) is 3.64. The van der Waals surface area contributed by atoms with Crippen LogP contribution in [0.5, 0.6) is 0 Å². The highest BCUT2D eigenvalue weighted by atomic mass is 16.4. The van der Waals surface area contributed by atoms with Crippen molar-refractivity contribution in [2.45, 2.75) is 39.7 Å². The van der Waals surface area contributed by atoms with Crippen molar-refractivity contribution in [2.24, 2.45) is 11.8 Å². The molecule has 0 aliphatic heterocycles. The number of carboxylic acid groups (broad SMARTS) is 1. The van der Waals surface area contributed by atoms with Crippen LogP contribution in [-0.4, -0.2) is 22.0 Å². The van der Waals surface area contributed by atoms with E-state index in [9.17, 15) is 9.59 Å². The average molecular weight is 266 g/mol. The SMILES string of the molecule is Cc1nc(CNC(=O)[C@@H]2CC[C@H](C(=O)O)C2)oc1C. The fourth-order valence-electron chi connectivity index (χ4n) is 2.37. The summed E-state index contributed by atoms with van der Waals surface area (Å²) >= 11 is 0. The zero-order valence-corrected chi connectivity index (χ0v) is 11.1. The quantitative estimate of drug-likeness (QED) is 0.859. The fourth-order valence-corrected chi connectivity index (χ4v) is 2.37. The van der Waals surface area contributed by atoms with Crippen molar-refractivity contribution >= 4 is 11.9 Å². The third kappa shape index (κ3) is 3.13. The molecule has 1 aliphatic rings. The third-order valence-electron chi connectivity index (χ3n) is 3.64. The van der Waals surface area contributed by atoms with E-state index in [0.717, 1.165) is 11.5 Å². The van der Waals surface area contributed by atoms with Crippen LogP contribution in [0.4, 0.5) is 0 Å². The van der Waals surface area contributed by atoms with Crippen LogP contribution >= 0.6 is 0 Å². The van der Waals surface area contributed by atoms with Gasteiger partial charge < -0.3 is 14.8 Å². The van der Waals surface area contributed by atoms with E-state index in [2.05, 4.69) is 10.3 Å². The second-order valence-corrected chi connectivity index (χ2v) is 5.01. The first-order valence-electron chi connectivity index (χ1n) is 6.40. The number of carbonyl (C=O) groups is 2. The lowest BCUT2D eigenvalue weighted by Crippen LogP contribution is -2.29. The van der Waals surface area contributed by atoms with Crippen LogP contribution in [0.25, 0.3) is 0 Å². The molecule has 2 atom stereocenters. The molecular weight excluding hydrogens is 248 g/mol. The van der Waals surface area contributed by atoms with Crippen molar-refractivity contribution < 1.29 is 19.1 Å². The highest BCUT2D eigenvalue weighted by molar-refractivity contribution is 5.80. The molecule has 0 radical (unpaired) electrons. The zero-order chi connectivity index (χ0) is 14.0. The number of aliphatic carboxylic acids is 1. The number of amides is 1. The topological polar surface area (TPSA) is 92.4 Å². The summed E-state index contributed by atoms with van der Waals surface area (Å²) in [5.41, 5.74) is 0.816. The van der Waals surface area contributed by atoms with Gasteiger partial charge in [0.15, 0.2) is 0 Å². The van der Waals surface area contributed by atoms with E-state index in [0.29, 0.717) is 25.2 Å². The van der Waals surface area contributed by atoms with Crippen molar-refractivity contribution in [3.05, 3.63) is 17.3 Å². The first kappa shape index (κ1) is 13.6. The van der Waals surface area contributed by atoms with Gasteiger partial charge in [-0.2, -0.15) is 0 Å². The molecule has 2 N–H and O–H groups in total. The van der Waals surface area contributed by atoms with E-state index in [1.807, 2.05) is 13.8 Å². The Bertz CT molecular complexity index is 475. The number of nitrogens with zero attached hydrogens (tertiary/aromatic N) is 1. The van der Waals surface area contributed by atoms with Crippen LogP contribution in [0.2, 0.25) is 0 Å². The van der Waals surface area contributed by atoms with Crippen molar-refractivity contribution in [1.82, 2.24) is 10.3 Å². The summed E-state index contributed by atoms with van der Waals surface area (Å²) in [7, 11) is 0. The van der Waals surface area contributed by atoms with E-state index < -0.39 is 5.97 Å². The highest BCUT2D eigenvalue weighted by Crippen LogP contribution is 2.31. The largest absolute Gasteiger partial charge is 0.481 e. The van der Waals surface area contributed by atoms with Gasteiger partial charge in [0.05, 0.1) is 18.2 Å². The number of oxazole rings is 1. The van der Waals surface area contributed by atoms with Gasteiger partial charge in [-0.15, -0.1) is 0 Å². The molecule has 1 aliphatic carbocycles. The number of hydrogen-bond acceptors (Lipinski definition) is 4. The van der Waals surface area contributed by atoms with E-state index in [1.54, 1.807) is 0 Å². The summed E-state index contributed by atoms with van der Waals surface area (Å²) in [5, 5.41) is 11.7. The molecule has 1 aromatic heterocycles. The summed E-state index contributed by atoms with van der Waals surface area (Å²) in [6, 6.07) is 0. The lowest BCUT2D eigenvalue weighted by Gasteiger charge is -2.09. The number of carbonyl (C=O) groups excluding carboxylic acids is 1. The van der Waals surface area contributed by atoms with Crippen molar-refractivity contribution in [1.29, 1.82) is 0 Å². The second-order valence-electron chi connectivity index (χ2n) is 5.01. The number of aryl methyl sites for hydroxylation is 2. The smallest absolute Gasteiger partial charge is 0.306 e. The van der Waals surface area contributed by atoms with Gasteiger partial charge in [-0.05, 0) is 33.1 Å². The molecule has 0 aromatic carbocycles. The van der Waals surface area contributed by atoms with Crippen LogP contribution in [0.15, 0.2) is 4.42 Å². The standard InChI is InChI=1S/C13H18N2O4/c1-7-8(2)19-11(15-7)6-14-12(16)9-3-4-10(5-9)13(17)18/h9-10H,3-6H2,1-2H3,(H,14,16)(H,17,18)/t9-,10+/m1/s1. The number of rotatable bonds is 4. The second kappa shape index (κ2) is 5.42. The molecule has 0 saturated heterocycles. The number of hydrogen-bond donors (Lipinski definition) is 2. The minimum atomic E-state index is -0.811. The van der Waals surface area contributed by atoms with Gasteiger partial charge in [-0.3, -0.25) is 9.59 Å². The molecule has 0 spiro atoms. The Balaban J connectivity index is 1.83. The van der Waals surface area contributed by atoms with E-state index in [4.69, 9.17) is 9.52 Å². The van der Waals surface area contributed by atoms with Gasteiger partial charge in [0.2, 0.25) is 11.8 Å². The molecule has 6 nitrogen and oxygen atoms in total. The maximum Gasteiger partial charge on any atom is 0.306 e. The van der Waals surface area contributed by atoms with Crippen LogP contribution in [0, 0.1) is 25.7 Å². The Morgan fingerprint density at radius 2 is 2.05 bits per heavy atom. The van der Waals surface area contributed by atoms with Crippen LogP contribution < -0.4 is 5.32 Å². The maximum atomic E-state index is 11.9. The van der Waals surface area contributed by atoms with Gasteiger partial charge in [0.1, 0.15) is 5.76 Å². The Hall–Kier alpha value is -1.85. The number of nitrogens with one attached hydrogen (secondary N) is 1. The molecule has 1 saturated carbocycles. The van der Waals surface area contributed by atoms with Gasteiger partial charge in [-0.25, -0.2) is 4.98 Å². The van der Waals surface area contributed by atoms with E-state index in [1.165, 1.54) is 0 Å². The molecule has 1 amide bonds. The van der Waals surface area contributed by atoms with Gasteiger partial charge in [0.25, 0.3) is 0 Å². The molecule has 0 unspecified atom stereocenters. The summed E-state index contributed by atoms with van der Waals surface area (Å²) in [6.07, 6.45) is 1.63. The molecule has 19 heavy (non-hydrogen) atoms. The van der Waals surface area contributed by atoms with Crippen molar-refractivity contribution in [3.63, 3.8) is 0 Å². The number of carboxylic acids is 1. The Labute approximate surface area is 111 Å². The molecule has 1 aromatic rings. The summed E-state index contributed by atoms with van der Waals surface area (Å²) in [5.74, 6) is -0.293. The normalized spacial score (nSPS) is 22.4. The fraction of sp³-hybridized carbons (Fsp3) is 0.615. The molecule has 1 fully saturated rings. The summed E-state index contributed by atoms with van der Waals surface area (Å²) in [4.78, 5) is 26.9. The molecule has 104 valence electrons. The first-order chi connectivity index (χ1) is 8.97. The molecular formula is C13H18N2O4. The molecule has 1 heterocycles. The summed E-state index contributed by atoms with van der Waals surface area (Å²) in [6.45, 7) is 3.92.